The van der Waals surface area contributed by atoms with E-state index in [0.717, 1.165) is 30.9 Å². The van der Waals surface area contributed by atoms with Gasteiger partial charge in [0.2, 0.25) is 0 Å². The molecule has 1 N–H and O–H groups in total. The zero-order valence-corrected chi connectivity index (χ0v) is 11.5. The molecule has 1 aliphatic carbocycles. The predicted molar refractivity (Wildman–Crippen MR) is 67.4 cm³/mol. The molecule has 1 aromatic heterocycles. The monoisotopic (exact) mass is 251 g/mol. The van der Waals surface area contributed by atoms with E-state index in [0.29, 0.717) is 0 Å². The first-order valence-electron chi connectivity index (χ1n) is 6.45. The van der Waals surface area contributed by atoms with Crippen LogP contribution in [0.5, 0.6) is 0 Å². The number of aryl methyl sites for hydroxylation is 1. The van der Waals surface area contributed by atoms with Crippen LogP contribution in [0.25, 0.3) is 0 Å². The van der Waals surface area contributed by atoms with E-state index >= 15 is 0 Å². The highest BCUT2D eigenvalue weighted by atomic mass is 16.4. The van der Waals surface area contributed by atoms with Crippen LogP contribution in [0.3, 0.4) is 0 Å². The molecule has 1 fully saturated rings. The topological polar surface area (TPSA) is 68.0 Å². The third kappa shape index (κ3) is 2.26. The Labute approximate surface area is 107 Å². The molecule has 1 heterocycles. The van der Waals surface area contributed by atoms with Crippen molar-refractivity contribution in [3.8, 4) is 0 Å². The number of hydrogen-bond donors (Lipinski definition) is 1. The minimum atomic E-state index is -0.710. The van der Waals surface area contributed by atoms with E-state index in [9.17, 15) is 9.90 Å². The average molecular weight is 251 g/mol. The maximum Gasteiger partial charge on any atom is 0.307 e. The molecular formula is C13H21N3O2. The lowest BCUT2D eigenvalue weighted by Crippen LogP contribution is -2.19. The van der Waals surface area contributed by atoms with Gasteiger partial charge in [-0.15, -0.1) is 0 Å². The van der Waals surface area contributed by atoms with Gasteiger partial charge >= 0.3 is 5.97 Å². The molecule has 18 heavy (non-hydrogen) atoms. The van der Waals surface area contributed by atoms with Gasteiger partial charge in [0.25, 0.3) is 0 Å². The minimum absolute atomic E-state index is 0.0103. The first kappa shape index (κ1) is 13.1. The zero-order chi connectivity index (χ0) is 13.5. The van der Waals surface area contributed by atoms with Gasteiger partial charge in [-0.2, -0.15) is 5.10 Å². The zero-order valence-electron chi connectivity index (χ0n) is 11.5. The first-order valence-corrected chi connectivity index (χ1v) is 6.45. The van der Waals surface area contributed by atoms with Crippen molar-refractivity contribution in [3.05, 3.63) is 11.6 Å². The van der Waals surface area contributed by atoms with Gasteiger partial charge in [0, 0.05) is 18.4 Å². The van der Waals surface area contributed by atoms with Gasteiger partial charge in [-0.05, 0) is 12.8 Å². The molecule has 0 saturated heterocycles. The van der Waals surface area contributed by atoms with E-state index in [1.54, 1.807) is 4.68 Å². The van der Waals surface area contributed by atoms with Crippen LogP contribution in [-0.4, -0.2) is 25.8 Å². The lowest BCUT2D eigenvalue weighted by Gasteiger charge is -2.14. The van der Waals surface area contributed by atoms with Crippen LogP contribution < -0.4 is 0 Å². The van der Waals surface area contributed by atoms with Crippen molar-refractivity contribution in [2.75, 3.05) is 0 Å². The first-order chi connectivity index (χ1) is 8.30. The Morgan fingerprint density at radius 2 is 2.06 bits per heavy atom. The summed E-state index contributed by atoms with van der Waals surface area (Å²) in [6.45, 7) is 6.19. The van der Waals surface area contributed by atoms with Gasteiger partial charge in [0.1, 0.15) is 5.82 Å². The van der Waals surface area contributed by atoms with E-state index in [1.807, 2.05) is 7.05 Å². The second kappa shape index (κ2) is 4.37. The van der Waals surface area contributed by atoms with Crippen molar-refractivity contribution in [2.45, 2.75) is 51.4 Å². The normalized spacial score (nSPS) is 24.4. The molecule has 2 rings (SSSR count). The van der Waals surface area contributed by atoms with Crippen molar-refractivity contribution in [3.63, 3.8) is 0 Å². The van der Waals surface area contributed by atoms with Gasteiger partial charge in [0.15, 0.2) is 5.82 Å². The van der Waals surface area contributed by atoms with Gasteiger partial charge in [-0.1, -0.05) is 27.2 Å². The highest BCUT2D eigenvalue weighted by Gasteiger charge is 2.37. The molecular weight excluding hydrogens is 230 g/mol. The van der Waals surface area contributed by atoms with Crippen LogP contribution >= 0.6 is 0 Å². The quantitative estimate of drug-likeness (QED) is 0.873. The lowest BCUT2D eigenvalue weighted by molar-refractivity contribution is -0.142. The van der Waals surface area contributed by atoms with Crippen molar-refractivity contribution in [2.24, 2.45) is 13.0 Å². The Bertz CT molecular complexity index is 459. The van der Waals surface area contributed by atoms with Crippen LogP contribution in [0.1, 0.15) is 57.6 Å². The number of carboxylic acids is 1. The molecule has 5 heteroatoms. The van der Waals surface area contributed by atoms with Crippen LogP contribution in [-0.2, 0) is 17.3 Å². The summed E-state index contributed by atoms with van der Waals surface area (Å²) >= 11 is 0. The summed E-state index contributed by atoms with van der Waals surface area (Å²) in [7, 11) is 1.86. The maximum atomic E-state index is 11.2. The molecule has 0 aromatic carbocycles. The Balaban J connectivity index is 2.34. The van der Waals surface area contributed by atoms with Crippen LogP contribution in [0, 0.1) is 5.92 Å². The van der Waals surface area contributed by atoms with Gasteiger partial charge < -0.3 is 5.11 Å². The molecule has 0 bridgehead atoms. The fraction of sp³-hybridized carbons (Fsp3) is 0.769. The summed E-state index contributed by atoms with van der Waals surface area (Å²) < 4.78 is 1.76. The van der Waals surface area contributed by atoms with Gasteiger partial charge in [0.05, 0.1) is 5.92 Å². The third-order valence-corrected chi connectivity index (χ3v) is 3.63. The number of carboxylic acid groups (broad SMARTS) is 1. The van der Waals surface area contributed by atoms with Crippen molar-refractivity contribution in [1.82, 2.24) is 14.8 Å². The Morgan fingerprint density at radius 1 is 1.39 bits per heavy atom. The fourth-order valence-corrected chi connectivity index (χ4v) is 2.60. The summed E-state index contributed by atoms with van der Waals surface area (Å²) in [5.41, 5.74) is -0.104. The molecule has 0 aliphatic heterocycles. The van der Waals surface area contributed by atoms with Crippen LogP contribution in [0.15, 0.2) is 0 Å². The maximum absolute atomic E-state index is 11.2. The molecule has 1 aliphatic rings. The predicted octanol–water partition coefficient (Wildman–Crippen LogP) is 2.08. The number of hydrogen-bond acceptors (Lipinski definition) is 3. The molecule has 100 valence electrons. The SMILES string of the molecule is Cn1nc(C(C)(C)C)nc1C1CCCC1C(=O)O. The smallest absolute Gasteiger partial charge is 0.307 e. The third-order valence-electron chi connectivity index (χ3n) is 3.63. The Hall–Kier alpha value is -1.39. The summed E-state index contributed by atoms with van der Waals surface area (Å²) in [6, 6.07) is 0. The van der Waals surface area contributed by atoms with Crippen LogP contribution in [0.4, 0.5) is 0 Å². The second-order valence-electron chi connectivity index (χ2n) is 6.15. The molecule has 1 aromatic rings. The molecule has 5 nitrogen and oxygen atoms in total. The summed E-state index contributed by atoms with van der Waals surface area (Å²) in [4.78, 5) is 15.8. The van der Waals surface area contributed by atoms with E-state index in [1.165, 1.54) is 0 Å². The van der Waals surface area contributed by atoms with Crippen molar-refractivity contribution < 1.29 is 9.90 Å². The summed E-state index contributed by atoms with van der Waals surface area (Å²) in [5.74, 6) is 0.607. The number of nitrogens with zero attached hydrogens (tertiary/aromatic N) is 3. The molecule has 2 unspecified atom stereocenters. The van der Waals surface area contributed by atoms with E-state index in [-0.39, 0.29) is 17.3 Å². The molecule has 0 amide bonds. The van der Waals surface area contributed by atoms with Crippen molar-refractivity contribution >= 4 is 5.97 Å². The summed E-state index contributed by atoms with van der Waals surface area (Å²) in [5, 5.41) is 13.7. The second-order valence-corrected chi connectivity index (χ2v) is 6.15. The highest BCUT2D eigenvalue weighted by molar-refractivity contribution is 5.71. The highest BCUT2D eigenvalue weighted by Crippen LogP contribution is 2.39. The standard InChI is InChI=1S/C13H21N3O2/c1-13(2,3)12-14-10(16(4)15-12)8-6-5-7-9(8)11(17)18/h8-9H,5-7H2,1-4H3,(H,17,18). The Kier molecular flexibility index (Phi) is 3.17. The summed E-state index contributed by atoms with van der Waals surface area (Å²) in [6.07, 6.45) is 2.60. The average Bonchev–Trinajstić information content (AvgIpc) is 2.81. The fourth-order valence-electron chi connectivity index (χ4n) is 2.60. The van der Waals surface area contributed by atoms with Crippen LogP contribution in [0.2, 0.25) is 0 Å². The van der Waals surface area contributed by atoms with E-state index in [4.69, 9.17) is 0 Å². The minimum Gasteiger partial charge on any atom is -0.481 e. The number of aliphatic carboxylic acids is 1. The van der Waals surface area contributed by atoms with E-state index < -0.39 is 5.97 Å². The molecule has 2 atom stereocenters. The molecule has 0 radical (unpaired) electrons. The lowest BCUT2D eigenvalue weighted by atomic mass is 9.94. The molecule has 0 spiro atoms. The number of aromatic nitrogens is 3. The van der Waals surface area contributed by atoms with Gasteiger partial charge in [-0.25, -0.2) is 4.98 Å². The van der Waals surface area contributed by atoms with Gasteiger partial charge in [-0.3, -0.25) is 9.48 Å². The number of carbonyl (C=O) groups is 1. The largest absolute Gasteiger partial charge is 0.481 e. The Morgan fingerprint density at radius 3 is 2.56 bits per heavy atom. The van der Waals surface area contributed by atoms with Crippen molar-refractivity contribution in [1.29, 1.82) is 0 Å². The number of rotatable bonds is 2. The van der Waals surface area contributed by atoms with E-state index in [2.05, 4.69) is 30.9 Å². The molecule has 1 saturated carbocycles.